The highest BCUT2D eigenvalue weighted by molar-refractivity contribution is 14.1. The van der Waals surface area contributed by atoms with E-state index in [2.05, 4.69) is 22.6 Å². The fraction of sp³-hybridized carbons (Fsp3) is 0.462. The van der Waals surface area contributed by atoms with Gasteiger partial charge >= 0.3 is 0 Å². The predicted molar refractivity (Wildman–Crippen MR) is 84.2 cm³/mol. The van der Waals surface area contributed by atoms with Gasteiger partial charge in [-0.15, -0.1) is 12.4 Å². The van der Waals surface area contributed by atoms with Crippen molar-refractivity contribution >= 4 is 40.9 Å². The molecule has 2 rings (SSSR count). The zero-order chi connectivity index (χ0) is 12.4. The second kappa shape index (κ2) is 6.73. The maximum atomic E-state index is 12.4. The van der Waals surface area contributed by atoms with Crippen molar-refractivity contribution in [1.29, 1.82) is 0 Å². The van der Waals surface area contributed by atoms with Crippen molar-refractivity contribution in [3.63, 3.8) is 0 Å². The number of amides is 1. The molecule has 0 bridgehead atoms. The Morgan fingerprint density at radius 2 is 2.28 bits per heavy atom. The average Bonchev–Trinajstić information content (AvgIpc) is 2.80. The van der Waals surface area contributed by atoms with E-state index in [1.807, 2.05) is 30.0 Å². The number of nitrogens with two attached hydrogens (primary N) is 1. The van der Waals surface area contributed by atoms with E-state index < -0.39 is 0 Å². The highest BCUT2D eigenvalue weighted by Gasteiger charge is 2.26. The average molecular weight is 381 g/mol. The molecular weight excluding hydrogens is 363 g/mol. The summed E-state index contributed by atoms with van der Waals surface area (Å²) < 4.78 is 1.14. The van der Waals surface area contributed by atoms with E-state index in [9.17, 15) is 4.79 Å². The first-order chi connectivity index (χ1) is 8.13. The molecule has 0 saturated carbocycles. The fourth-order valence-corrected chi connectivity index (χ4v) is 2.72. The van der Waals surface area contributed by atoms with Gasteiger partial charge in [-0.05, 0) is 66.1 Å². The normalized spacial score (nSPS) is 18.6. The Hall–Kier alpha value is -0.330. The van der Waals surface area contributed by atoms with Crippen molar-refractivity contribution in [2.75, 3.05) is 19.6 Å². The quantitative estimate of drug-likeness (QED) is 0.801. The van der Waals surface area contributed by atoms with Crippen molar-refractivity contribution in [1.82, 2.24) is 4.90 Å². The summed E-state index contributed by atoms with van der Waals surface area (Å²) in [5.41, 5.74) is 7.56. The molecule has 2 N–H and O–H groups in total. The van der Waals surface area contributed by atoms with Gasteiger partial charge in [0.15, 0.2) is 0 Å². The van der Waals surface area contributed by atoms with Gasteiger partial charge in [-0.2, -0.15) is 0 Å². The van der Waals surface area contributed by atoms with Crippen LogP contribution in [-0.2, 0) is 0 Å². The lowest BCUT2D eigenvalue weighted by atomic mass is 10.1. The number of hydrogen-bond acceptors (Lipinski definition) is 2. The smallest absolute Gasteiger partial charge is 0.254 e. The lowest BCUT2D eigenvalue weighted by molar-refractivity contribution is 0.0787. The molecule has 1 saturated heterocycles. The minimum atomic E-state index is 0. The maximum Gasteiger partial charge on any atom is 0.254 e. The van der Waals surface area contributed by atoms with Crippen LogP contribution in [0.25, 0.3) is 0 Å². The van der Waals surface area contributed by atoms with Crippen LogP contribution in [0.4, 0.5) is 0 Å². The molecule has 18 heavy (non-hydrogen) atoms. The minimum absolute atomic E-state index is 0. The zero-order valence-corrected chi connectivity index (χ0v) is 13.3. The Bertz CT molecular complexity index is 439. The summed E-state index contributed by atoms with van der Waals surface area (Å²) in [6, 6.07) is 5.88. The van der Waals surface area contributed by atoms with E-state index in [-0.39, 0.29) is 18.3 Å². The van der Waals surface area contributed by atoms with Crippen LogP contribution in [0.1, 0.15) is 22.3 Å². The number of rotatable bonds is 2. The van der Waals surface area contributed by atoms with E-state index in [0.29, 0.717) is 12.5 Å². The summed E-state index contributed by atoms with van der Waals surface area (Å²) in [5.74, 6) is 0.624. The zero-order valence-electron chi connectivity index (χ0n) is 10.4. The molecule has 100 valence electrons. The molecule has 5 heteroatoms. The Morgan fingerprint density at radius 3 is 2.89 bits per heavy atom. The van der Waals surface area contributed by atoms with Crippen LogP contribution in [-0.4, -0.2) is 30.4 Å². The molecule has 1 amide bonds. The van der Waals surface area contributed by atoms with Crippen molar-refractivity contribution in [2.45, 2.75) is 13.3 Å². The molecule has 0 radical (unpaired) electrons. The molecule has 1 heterocycles. The highest BCUT2D eigenvalue weighted by atomic mass is 127. The Balaban J connectivity index is 0.00000162. The summed E-state index contributed by atoms with van der Waals surface area (Å²) in [7, 11) is 0. The van der Waals surface area contributed by atoms with Crippen molar-refractivity contribution in [3.8, 4) is 0 Å². The number of nitrogens with zero attached hydrogens (tertiary/aromatic N) is 1. The predicted octanol–water partition coefficient (Wildman–Crippen LogP) is 2.44. The molecule has 1 aromatic rings. The Labute approximate surface area is 128 Å². The third kappa shape index (κ3) is 3.16. The van der Waals surface area contributed by atoms with Crippen LogP contribution in [0.3, 0.4) is 0 Å². The lowest BCUT2D eigenvalue weighted by Gasteiger charge is -2.18. The first kappa shape index (κ1) is 15.7. The fourth-order valence-electron chi connectivity index (χ4n) is 2.22. The first-order valence-corrected chi connectivity index (χ1v) is 6.95. The number of benzene rings is 1. The molecule has 0 aromatic heterocycles. The maximum absolute atomic E-state index is 12.4. The van der Waals surface area contributed by atoms with Crippen LogP contribution < -0.4 is 5.73 Å². The standard InChI is InChI=1S/C13H17IN2O.ClH/c1-9-11(3-2-4-12(9)14)13(17)16-6-5-10(7-15)8-16;/h2-4,10H,5-8,15H2,1H3;1H. The summed E-state index contributed by atoms with van der Waals surface area (Å²) in [4.78, 5) is 14.3. The topological polar surface area (TPSA) is 46.3 Å². The van der Waals surface area contributed by atoms with Crippen LogP contribution in [0.2, 0.25) is 0 Å². The molecule has 0 spiro atoms. The second-order valence-electron chi connectivity index (χ2n) is 4.55. The van der Waals surface area contributed by atoms with Gasteiger partial charge in [-0.1, -0.05) is 6.07 Å². The summed E-state index contributed by atoms with van der Waals surface area (Å²) in [5, 5.41) is 0. The van der Waals surface area contributed by atoms with Crippen molar-refractivity contribution < 1.29 is 4.79 Å². The minimum Gasteiger partial charge on any atom is -0.338 e. The molecule has 1 aliphatic rings. The van der Waals surface area contributed by atoms with Gasteiger partial charge in [0.25, 0.3) is 5.91 Å². The van der Waals surface area contributed by atoms with Gasteiger partial charge in [0.1, 0.15) is 0 Å². The summed E-state index contributed by atoms with van der Waals surface area (Å²) >= 11 is 2.27. The van der Waals surface area contributed by atoms with Crippen LogP contribution in [0.5, 0.6) is 0 Å². The van der Waals surface area contributed by atoms with E-state index in [0.717, 1.165) is 34.2 Å². The first-order valence-electron chi connectivity index (χ1n) is 5.88. The van der Waals surface area contributed by atoms with Gasteiger partial charge < -0.3 is 10.6 Å². The molecule has 1 aliphatic heterocycles. The highest BCUT2D eigenvalue weighted by Crippen LogP contribution is 2.21. The molecule has 3 nitrogen and oxygen atoms in total. The Morgan fingerprint density at radius 1 is 1.56 bits per heavy atom. The third-order valence-corrected chi connectivity index (χ3v) is 4.57. The number of carbonyl (C=O) groups excluding carboxylic acids is 1. The van der Waals surface area contributed by atoms with Gasteiger partial charge in [0.2, 0.25) is 0 Å². The van der Waals surface area contributed by atoms with Crippen LogP contribution >= 0.6 is 35.0 Å². The lowest BCUT2D eigenvalue weighted by Crippen LogP contribution is -2.30. The van der Waals surface area contributed by atoms with E-state index >= 15 is 0 Å². The SMILES string of the molecule is Cc1c(I)cccc1C(=O)N1CCC(CN)C1.Cl. The van der Waals surface area contributed by atoms with Crippen LogP contribution in [0, 0.1) is 16.4 Å². The summed E-state index contributed by atoms with van der Waals surface area (Å²) in [6.45, 7) is 4.33. The van der Waals surface area contributed by atoms with Gasteiger partial charge in [0, 0.05) is 22.2 Å². The molecule has 1 fully saturated rings. The monoisotopic (exact) mass is 380 g/mol. The van der Waals surface area contributed by atoms with E-state index in [1.165, 1.54) is 0 Å². The summed E-state index contributed by atoms with van der Waals surface area (Å²) in [6.07, 6.45) is 1.03. The molecular formula is C13H18ClIN2O. The third-order valence-electron chi connectivity index (χ3n) is 3.40. The number of halogens is 2. The van der Waals surface area contributed by atoms with Crippen molar-refractivity contribution in [3.05, 3.63) is 32.9 Å². The van der Waals surface area contributed by atoms with Crippen LogP contribution in [0.15, 0.2) is 18.2 Å². The van der Waals surface area contributed by atoms with Gasteiger partial charge in [-0.25, -0.2) is 0 Å². The second-order valence-corrected chi connectivity index (χ2v) is 5.72. The molecule has 1 unspecified atom stereocenters. The van der Waals surface area contributed by atoms with Gasteiger partial charge in [-0.3, -0.25) is 4.79 Å². The molecule has 1 atom stereocenters. The largest absolute Gasteiger partial charge is 0.338 e. The number of carbonyl (C=O) groups is 1. The van der Waals surface area contributed by atoms with Crippen molar-refractivity contribution in [2.24, 2.45) is 11.7 Å². The van der Waals surface area contributed by atoms with E-state index in [1.54, 1.807) is 0 Å². The van der Waals surface area contributed by atoms with Gasteiger partial charge in [0.05, 0.1) is 0 Å². The number of likely N-dealkylation sites (tertiary alicyclic amines) is 1. The number of hydrogen-bond donors (Lipinski definition) is 1. The molecule has 0 aliphatic carbocycles. The Kier molecular flexibility index (Phi) is 5.88. The molecule has 1 aromatic carbocycles. The van der Waals surface area contributed by atoms with E-state index in [4.69, 9.17) is 5.73 Å².